The van der Waals surface area contributed by atoms with Gasteiger partial charge in [0.2, 0.25) is 5.91 Å². The Morgan fingerprint density at radius 3 is 2.59 bits per heavy atom. The molecule has 1 aliphatic rings. The second kappa shape index (κ2) is 11.1. The normalized spacial score (nSPS) is 14.7. The van der Waals surface area contributed by atoms with Crippen LogP contribution in [0.25, 0.3) is 0 Å². The third-order valence-electron chi connectivity index (χ3n) is 5.19. The van der Waals surface area contributed by atoms with E-state index in [-0.39, 0.29) is 22.2 Å². The Hall–Kier alpha value is -2.85. The largest absolute Gasteiger partial charge is 0.353 e. The van der Waals surface area contributed by atoms with Crippen LogP contribution in [0.15, 0.2) is 42.6 Å². The molecular formula is C21H24ClN5O4S. The topological polar surface area (TPSA) is 109 Å². The molecular weight excluding hydrogens is 454 g/mol. The second-order valence-electron chi connectivity index (χ2n) is 7.23. The number of nitro groups is 1. The Balaban J connectivity index is 1.66. The van der Waals surface area contributed by atoms with Crippen molar-refractivity contribution in [1.82, 2.24) is 15.2 Å². The van der Waals surface area contributed by atoms with Crippen LogP contribution in [0.2, 0.25) is 5.02 Å². The number of anilines is 1. The number of carbonyl (C=O) groups excluding carboxylic acids is 2. The average molecular weight is 478 g/mol. The molecule has 9 nitrogen and oxygen atoms in total. The maximum Gasteiger partial charge on any atom is 0.270 e. The van der Waals surface area contributed by atoms with Gasteiger partial charge in [0, 0.05) is 44.5 Å². The number of aromatic nitrogens is 1. The van der Waals surface area contributed by atoms with Gasteiger partial charge in [-0.15, -0.1) is 0 Å². The number of carbonyl (C=O) groups is 2. The zero-order valence-electron chi connectivity index (χ0n) is 17.6. The van der Waals surface area contributed by atoms with Gasteiger partial charge >= 0.3 is 0 Å². The van der Waals surface area contributed by atoms with Gasteiger partial charge in [0.05, 0.1) is 15.5 Å². The molecule has 1 aromatic carbocycles. The number of thioether (sulfide) groups is 1. The summed E-state index contributed by atoms with van der Waals surface area (Å²) >= 11 is 7.67. The fourth-order valence-electron chi connectivity index (χ4n) is 3.45. The van der Waals surface area contributed by atoms with E-state index in [4.69, 9.17) is 11.6 Å². The molecule has 2 heterocycles. The molecule has 2 aromatic rings. The van der Waals surface area contributed by atoms with Gasteiger partial charge in [-0.3, -0.25) is 19.7 Å². The van der Waals surface area contributed by atoms with Crippen molar-refractivity contribution in [2.45, 2.75) is 12.5 Å². The zero-order valence-corrected chi connectivity index (χ0v) is 19.1. The van der Waals surface area contributed by atoms with Crippen LogP contribution < -0.4 is 10.2 Å². The van der Waals surface area contributed by atoms with Gasteiger partial charge < -0.3 is 15.1 Å². The molecule has 170 valence electrons. The summed E-state index contributed by atoms with van der Waals surface area (Å²) in [5.74, 6) is 0.890. The van der Waals surface area contributed by atoms with Gasteiger partial charge in [-0.1, -0.05) is 17.7 Å². The summed E-state index contributed by atoms with van der Waals surface area (Å²) < 4.78 is 0. The highest BCUT2D eigenvalue weighted by Crippen LogP contribution is 2.23. The summed E-state index contributed by atoms with van der Waals surface area (Å²) in [6, 6.07) is 8.67. The molecule has 1 saturated heterocycles. The van der Waals surface area contributed by atoms with Crippen molar-refractivity contribution in [3.8, 4) is 0 Å². The number of non-ortho nitro benzene ring substituents is 1. The number of hydrogen-bond donors (Lipinski definition) is 1. The summed E-state index contributed by atoms with van der Waals surface area (Å²) in [4.78, 5) is 44.5. The quantitative estimate of drug-likeness (QED) is 0.460. The molecule has 1 unspecified atom stereocenters. The SMILES string of the molecule is CSCCC(NC(=O)c1ccc([N+](=O)[O-])cc1Cl)C(=O)N1CCN(c2ccccn2)CC1. The molecule has 1 atom stereocenters. The number of pyridine rings is 1. The van der Waals surface area contributed by atoms with E-state index in [0.717, 1.165) is 11.9 Å². The lowest BCUT2D eigenvalue weighted by molar-refractivity contribution is -0.384. The lowest BCUT2D eigenvalue weighted by atomic mass is 10.1. The highest BCUT2D eigenvalue weighted by Gasteiger charge is 2.29. The number of nitrogens with one attached hydrogen (secondary N) is 1. The molecule has 1 N–H and O–H groups in total. The number of benzene rings is 1. The molecule has 1 aromatic heterocycles. The molecule has 1 fully saturated rings. The standard InChI is InChI=1S/C21H24ClN5O4S/c1-32-13-7-18(24-20(28)16-6-5-15(27(30)31)14-17(16)22)21(29)26-11-9-25(10-12-26)19-4-2-3-8-23-19/h2-6,8,14,18H,7,9-13H2,1H3,(H,24,28). The van der Waals surface area contributed by atoms with Crippen molar-refractivity contribution in [2.75, 3.05) is 43.1 Å². The molecule has 11 heteroatoms. The molecule has 32 heavy (non-hydrogen) atoms. The Bertz CT molecular complexity index is 970. The Morgan fingerprint density at radius 2 is 2.00 bits per heavy atom. The number of amides is 2. The smallest absolute Gasteiger partial charge is 0.270 e. The van der Waals surface area contributed by atoms with Crippen LogP contribution in [0.3, 0.4) is 0 Å². The van der Waals surface area contributed by atoms with Crippen LogP contribution in [0.1, 0.15) is 16.8 Å². The average Bonchev–Trinajstić information content (AvgIpc) is 2.81. The first-order valence-corrected chi connectivity index (χ1v) is 11.9. The molecule has 0 saturated carbocycles. The highest BCUT2D eigenvalue weighted by molar-refractivity contribution is 7.98. The summed E-state index contributed by atoms with van der Waals surface area (Å²) in [6.07, 6.45) is 4.14. The summed E-state index contributed by atoms with van der Waals surface area (Å²) in [7, 11) is 0. The molecule has 0 radical (unpaired) electrons. The van der Waals surface area contributed by atoms with Crippen LogP contribution in [-0.2, 0) is 4.79 Å². The minimum atomic E-state index is -0.706. The number of nitrogens with zero attached hydrogens (tertiary/aromatic N) is 4. The first kappa shape index (κ1) is 23.8. The lowest BCUT2D eigenvalue weighted by Gasteiger charge is -2.37. The van der Waals surface area contributed by atoms with Gasteiger partial charge in [0.1, 0.15) is 11.9 Å². The van der Waals surface area contributed by atoms with E-state index in [2.05, 4.69) is 15.2 Å². The first-order chi connectivity index (χ1) is 15.4. The molecule has 0 spiro atoms. The first-order valence-electron chi connectivity index (χ1n) is 10.1. The Labute approximate surface area is 195 Å². The van der Waals surface area contributed by atoms with E-state index < -0.39 is 16.9 Å². The second-order valence-corrected chi connectivity index (χ2v) is 8.62. The van der Waals surface area contributed by atoms with Crippen molar-refractivity contribution in [1.29, 1.82) is 0 Å². The van der Waals surface area contributed by atoms with E-state index in [1.807, 2.05) is 24.5 Å². The molecule has 3 rings (SSSR count). The minimum Gasteiger partial charge on any atom is -0.353 e. The Kier molecular flexibility index (Phi) is 8.29. The van der Waals surface area contributed by atoms with E-state index in [9.17, 15) is 19.7 Å². The summed E-state index contributed by atoms with van der Waals surface area (Å²) in [5.41, 5.74) is -0.105. The fraction of sp³-hybridized carbons (Fsp3) is 0.381. The highest BCUT2D eigenvalue weighted by atomic mass is 35.5. The third kappa shape index (κ3) is 5.89. The van der Waals surface area contributed by atoms with Crippen LogP contribution in [0, 0.1) is 10.1 Å². The number of rotatable bonds is 8. The number of halogens is 1. The number of hydrogen-bond acceptors (Lipinski definition) is 7. The fourth-order valence-corrected chi connectivity index (χ4v) is 4.18. The zero-order chi connectivity index (χ0) is 23.1. The van der Waals surface area contributed by atoms with Crippen LogP contribution >= 0.6 is 23.4 Å². The third-order valence-corrected chi connectivity index (χ3v) is 6.14. The van der Waals surface area contributed by atoms with E-state index in [0.29, 0.717) is 38.4 Å². The molecule has 0 bridgehead atoms. The predicted octanol–water partition coefficient (Wildman–Crippen LogP) is 2.84. The van der Waals surface area contributed by atoms with Crippen LogP contribution in [0.4, 0.5) is 11.5 Å². The molecule has 1 aliphatic heterocycles. The van der Waals surface area contributed by atoms with Crippen molar-refractivity contribution >= 4 is 46.7 Å². The van der Waals surface area contributed by atoms with Crippen molar-refractivity contribution in [3.63, 3.8) is 0 Å². The van der Waals surface area contributed by atoms with Gasteiger partial charge in [-0.2, -0.15) is 11.8 Å². The number of nitro benzene ring substituents is 1. The summed E-state index contributed by atoms with van der Waals surface area (Å²) in [6.45, 7) is 2.36. The van der Waals surface area contributed by atoms with Gasteiger partial charge in [0.15, 0.2) is 0 Å². The van der Waals surface area contributed by atoms with Crippen molar-refractivity contribution < 1.29 is 14.5 Å². The van der Waals surface area contributed by atoms with Gasteiger partial charge in [-0.25, -0.2) is 4.98 Å². The van der Waals surface area contributed by atoms with E-state index >= 15 is 0 Å². The molecule has 2 amide bonds. The van der Waals surface area contributed by atoms with Gasteiger partial charge in [0.25, 0.3) is 11.6 Å². The Morgan fingerprint density at radius 1 is 1.25 bits per heavy atom. The predicted molar refractivity (Wildman–Crippen MR) is 125 cm³/mol. The van der Waals surface area contributed by atoms with Crippen LogP contribution in [-0.4, -0.2) is 70.9 Å². The van der Waals surface area contributed by atoms with E-state index in [1.165, 1.54) is 12.1 Å². The van der Waals surface area contributed by atoms with Gasteiger partial charge in [-0.05, 0) is 36.6 Å². The maximum absolute atomic E-state index is 13.2. The van der Waals surface area contributed by atoms with Crippen molar-refractivity contribution in [2.24, 2.45) is 0 Å². The van der Waals surface area contributed by atoms with Crippen LogP contribution in [0.5, 0.6) is 0 Å². The number of piperazine rings is 1. The maximum atomic E-state index is 13.2. The minimum absolute atomic E-state index is 0.0308. The van der Waals surface area contributed by atoms with E-state index in [1.54, 1.807) is 22.9 Å². The monoisotopic (exact) mass is 477 g/mol. The lowest BCUT2D eigenvalue weighted by Crippen LogP contribution is -2.55. The molecule has 0 aliphatic carbocycles. The summed E-state index contributed by atoms with van der Waals surface area (Å²) in [5, 5.41) is 13.6. The van der Waals surface area contributed by atoms with Crippen molar-refractivity contribution in [3.05, 3.63) is 63.3 Å².